The number of methoxy groups -OCH3 is 1. The van der Waals surface area contributed by atoms with Crippen molar-refractivity contribution < 1.29 is 19.4 Å². The highest BCUT2D eigenvalue weighted by molar-refractivity contribution is 6.46. The van der Waals surface area contributed by atoms with Gasteiger partial charge < -0.3 is 14.7 Å². The van der Waals surface area contributed by atoms with Crippen LogP contribution in [0.5, 0.6) is 0 Å². The fourth-order valence-electron chi connectivity index (χ4n) is 3.33. The number of amides is 1. The first-order chi connectivity index (χ1) is 13.0. The van der Waals surface area contributed by atoms with E-state index in [-0.39, 0.29) is 24.5 Å². The van der Waals surface area contributed by atoms with Gasteiger partial charge >= 0.3 is 0 Å². The lowest BCUT2D eigenvalue weighted by molar-refractivity contribution is -0.140. The molecular formula is C21H22N2O4. The Balaban J connectivity index is 2.20. The first kappa shape index (κ1) is 18.8. The molecule has 0 bridgehead atoms. The number of rotatable bonds is 5. The summed E-state index contributed by atoms with van der Waals surface area (Å²) < 4.78 is 5.09. The smallest absolute Gasteiger partial charge is 0.295 e. The van der Waals surface area contributed by atoms with Crippen molar-refractivity contribution in [3.63, 3.8) is 0 Å². The van der Waals surface area contributed by atoms with Gasteiger partial charge in [0.2, 0.25) is 0 Å². The summed E-state index contributed by atoms with van der Waals surface area (Å²) in [5.74, 6) is -1.48. The topological polar surface area (TPSA) is 79.7 Å². The number of benzene rings is 1. The molecule has 1 saturated heterocycles. The highest BCUT2D eigenvalue weighted by Gasteiger charge is 2.45. The molecule has 1 unspecified atom stereocenters. The van der Waals surface area contributed by atoms with E-state index in [0.29, 0.717) is 11.1 Å². The van der Waals surface area contributed by atoms with E-state index < -0.39 is 17.7 Å². The molecule has 2 heterocycles. The van der Waals surface area contributed by atoms with E-state index in [9.17, 15) is 14.7 Å². The van der Waals surface area contributed by atoms with E-state index >= 15 is 0 Å². The normalized spacial score (nSPS) is 18.9. The van der Waals surface area contributed by atoms with Gasteiger partial charge in [-0.05, 0) is 43.2 Å². The molecule has 3 rings (SSSR count). The molecule has 1 atom stereocenters. The van der Waals surface area contributed by atoms with Gasteiger partial charge in [0.25, 0.3) is 11.7 Å². The molecule has 0 aliphatic carbocycles. The zero-order chi connectivity index (χ0) is 19.6. The third kappa shape index (κ3) is 3.48. The lowest BCUT2D eigenvalue weighted by Gasteiger charge is -2.25. The van der Waals surface area contributed by atoms with Crippen LogP contribution in [0, 0.1) is 13.8 Å². The maximum Gasteiger partial charge on any atom is 0.295 e. The molecule has 27 heavy (non-hydrogen) atoms. The number of carbonyl (C=O) groups is 2. The van der Waals surface area contributed by atoms with Crippen LogP contribution in [0.2, 0.25) is 0 Å². The highest BCUT2D eigenvalue weighted by Crippen LogP contribution is 2.39. The first-order valence-corrected chi connectivity index (χ1v) is 8.70. The van der Waals surface area contributed by atoms with Gasteiger partial charge in [0.1, 0.15) is 5.76 Å². The number of hydrogen-bond donors (Lipinski definition) is 1. The third-order valence-electron chi connectivity index (χ3n) is 4.75. The van der Waals surface area contributed by atoms with Crippen LogP contribution in [0.25, 0.3) is 5.76 Å². The quantitative estimate of drug-likeness (QED) is 0.500. The van der Waals surface area contributed by atoms with Crippen LogP contribution in [0.4, 0.5) is 0 Å². The van der Waals surface area contributed by atoms with Crippen molar-refractivity contribution in [3.8, 4) is 0 Å². The van der Waals surface area contributed by atoms with Crippen molar-refractivity contribution in [2.75, 3.05) is 20.3 Å². The Bertz CT molecular complexity index is 906. The predicted octanol–water partition coefficient (Wildman–Crippen LogP) is 2.77. The Morgan fingerprint density at radius 3 is 2.56 bits per heavy atom. The number of likely N-dealkylation sites (tertiary alicyclic amines) is 1. The molecule has 0 saturated carbocycles. The summed E-state index contributed by atoms with van der Waals surface area (Å²) in [6.07, 6.45) is 3.20. The predicted molar refractivity (Wildman–Crippen MR) is 101 cm³/mol. The van der Waals surface area contributed by atoms with Crippen LogP contribution in [-0.2, 0) is 14.3 Å². The SMILES string of the molecule is COCCN1C(=O)C(=O)/C(=C(/O)c2cc(C)ccc2C)C1c1ccncc1. The number of carbonyl (C=O) groups excluding carboxylic acids is 2. The second kappa shape index (κ2) is 7.72. The number of ether oxygens (including phenoxy) is 1. The van der Waals surface area contributed by atoms with Crippen LogP contribution in [-0.4, -0.2) is 46.9 Å². The van der Waals surface area contributed by atoms with Gasteiger partial charge in [-0.1, -0.05) is 17.7 Å². The maximum atomic E-state index is 12.8. The minimum absolute atomic E-state index is 0.0935. The molecule has 0 spiro atoms. The lowest BCUT2D eigenvalue weighted by Crippen LogP contribution is -2.32. The zero-order valence-corrected chi connectivity index (χ0v) is 15.6. The second-order valence-electron chi connectivity index (χ2n) is 6.58. The van der Waals surface area contributed by atoms with E-state index in [1.807, 2.05) is 32.0 Å². The Morgan fingerprint density at radius 1 is 1.19 bits per heavy atom. The van der Waals surface area contributed by atoms with E-state index in [1.165, 1.54) is 12.0 Å². The summed E-state index contributed by atoms with van der Waals surface area (Å²) in [5.41, 5.74) is 3.15. The van der Waals surface area contributed by atoms with Crippen LogP contribution in [0.3, 0.4) is 0 Å². The molecule has 0 radical (unpaired) electrons. The van der Waals surface area contributed by atoms with E-state index in [0.717, 1.165) is 11.1 Å². The van der Waals surface area contributed by atoms with E-state index in [4.69, 9.17) is 4.74 Å². The molecular weight excluding hydrogens is 344 g/mol. The number of aliphatic hydroxyl groups excluding tert-OH is 1. The Kier molecular flexibility index (Phi) is 5.37. The number of aromatic nitrogens is 1. The Morgan fingerprint density at radius 2 is 1.89 bits per heavy atom. The summed E-state index contributed by atoms with van der Waals surface area (Å²) in [6, 6.07) is 8.44. The number of aliphatic hydroxyl groups is 1. The standard InChI is InChI=1S/C21H22N2O4/c1-13-4-5-14(2)16(12-13)19(24)17-18(15-6-8-22-9-7-15)23(10-11-27-3)21(26)20(17)25/h4-9,12,18,24H,10-11H2,1-3H3/b19-17+. The highest BCUT2D eigenvalue weighted by atomic mass is 16.5. The van der Waals surface area contributed by atoms with Crippen LogP contribution in [0.1, 0.15) is 28.3 Å². The molecule has 1 aromatic heterocycles. The fraction of sp³-hybridized carbons (Fsp3) is 0.286. The van der Waals surface area contributed by atoms with Crippen molar-refractivity contribution in [2.45, 2.75) is 19.9 Å². The molecule has 1 aliphatic heterocycles. The molecule has 1 aliphatic rings. The summed E-state index contributed by atoms with van der Waals surface area (Å²) in [4.78, 5) is 30.9. The van der Waals surface area contributed by atoms with Crippen LogP contribution < -0.4 is 0 Å². The van der Waals surface area contributed by atoms with Crippen molar-refractivity contribution >= 4 is 17.4 Å². The third-order valence-corrected chi connectivity index (χ3v) is 4.75. The second-order valence-corrected chi connectivity index (χ2v) is 6.58. The van der Waals surface area contributed by atoms with E-state index in [2.05, 4.69) is 4.98 Å². The Hall–Kier alpha value is -2.99. The fourth-order valence-corrected chi connectivity index (χ4v) is 3.33. The number of pyridine rings is 1. The molecule has 2 aromatic rings. The Labute approximate surface area is 158 Å². The average molecular weight is 366 g/mol. The van der Waals surface area contributed by atoms with E-state index in [1.54, 1.807) is 24.5 Å². The largest absolute Gasteiger partial charge is 0.507 e. The van der Waals surface area contributed by atoms with Gasteiger partial charge in [-0.25, -0.2) is 0 Å². The van der Waals surface area contributed by atoms with Crippen LogP contribution >= 0.6 is 0 Å². The van der Waals surface area contributed by atoms with Gasteiger partial charge in [0, 0.05) is 31.6 Å². The van der Waals surface area contributed by atoms with Crippen molar-refractivity contribution in [1.29, 1.82) is 0 Å². The summed E-state index contributed by atoms with van der Waals surface area (Å²) in [6.45, 7) is 4.31. The average Bonchev–Trinajstić information content (AvgIpc) is 2.93. The van der Waals surface area contributed by atoms with Gasteiger partial charge in [0.05, 0.1) is 18.2 Å². The first-order valence-electron chi connectivity index (χ1n) is 8.70. The summed E-state index contributed by atoms with van der Waals surface area (Å²) >= 11 is 0. The molecule has 1 N–H and O–H groups in total. The maximum absolute atomic E-state index is 12.8. The number of aryl methyl sites for hydroxylation is 2. The zero-order valence-electron chi connectivity index (χ0n) is 15.6. The van der Waals surface area contributed by atoms with Gasteiger partial charge in [0.15, 0.2) is 0 Å². The minimum Gasteiger partial charge on any atom is -0.507 e. The van der Waals surface area contributed by atoms with Crippen molar-refractivity contribution in [1.82, 2.24) is 9.88 Å². The molecule has 6 heteroatoms. The van der Waals surface area contributed by atoms with Crippen molar-refractivity contribution in [3.05, 3.63) is 70.6 Å². The molecule has 1 fully saturated rings. The summed E-state index contributed by atoms with van der Waals surface area (Å²) in [5, 5.41) is 11.0. The number of hydrogen-bond acceptors (Lipinski definition) is 5. The molecule has 6 nitrogen and oxygen atoms in total. The van der Waals surface area contributed by atoms with Crippen molar-refractivity contribution in [2.24, 2.45) is 0 Å². The molecule has 1 amide bonds. The number of Topliss-reactive ketones (excluding diaryl/α,β-unsaturated/α-hetero) is 1. The molecule has 1 aromatic carbocycles. The monoisotopic (exact) mass is 366 g/mol. The molecule has 140 valence electrons. The van der Waals surface area contributed by atoms with Gasteiger partial charge in [-0.2, -0.15) is 0 Å². The van der Waals surface area contributed by atoms with Crippen LogP contribution in [0.15, 0.2) is 48.3 Å². The van der Waals surface area contributed by atoms with Gasteiger partial charge in [-0.3, -0.25) is 14.6 Å². The minimum atomic E-state index is -0.689. The number of ketones is 1. The number of nitrogens with zero attached hydrogens (tertiary/aromatic N) is 2. The summed E-state index contributed by atoms with van der Waals surface area (Å²) in [7, 11) is 1.54. The lowest BCUT2D eigenvalue weighted by atomic mass is 9.94. The van der Waals surface area contributed by atoms with Gasteiger partial charge in [-0.15, -0.1) is 0 Å².